The van der Waals surface area contributed by atoms with Crippen molar-refractivity contribution in [1.29, 1.82) is 0 Å². The van der Waals surface area contributed by atoms with Gasteiger partial charge in [0.15, 0.2) is 0 Å². The second-order valence-electron chi connectivity index (χ2n) is 3.20. The zero-order chi connectivity index (χ0) is 10.9. The molecule has 0 spiro atoms. The topological polar surface area (TPSA) is 61.9 Å². The number of hydrogen-bond donors (Lipinski definition) is 3. The molecule has 15 heavy (non-hydrogen) atoms. The Hall–Kier alpha value is -1.36. The molecule has 0 aliphatic heterocycles. The van der Waals surface area contributed by atoms with Crippen molar-refractivity contribution in [2.24, 2.45) is 0 Å². The van der Waals surface area contributed by atoms with E-state index >= 15 is 0 Å². The molecule has 1 aromatic heterocycles. The lowest BCUT2D eigenvalue weighted by molar-refractivity contribution is 0.746. The SMILES string of the molecule is CCNc1cc(NCCCNC)ncn1. The molecule has 0 radical (unpaired) electrons. The summed E-state index contributed by atoms with van der Waals surface area (Å²) in [5, 5.41) is 9.49. The van der Waals surface area contributed by atoms with Crippen molar-refractivity contribution >= 4 is 11.6 Å². The predicted molar refractivity (Wildman–Crippen MR) is 63.2 cm³/mol. The van der Waals surface area contributed by atoms with Crippen LogP contribution in [0.25, 0.3) is 0 Å². The first-order valence-electron chi connectivity index (χ1n) is 5.31. The van der Waals surface area contributed by atoms with Crippen molar-refractivity contribution in [2.75, 3.05) is 37.3 Å². The molecule has 0 saturated heterocycles. The molecular formula is C10H19N5. The Balaban J connectivity index is 2.36. The third-order valence-electron chi connectivity index (χ3n) is 1.93. The van der Waals surface area contributed by atoms with E-state index in [0.29, 0.717) is 0 Å². The van der Waals surface area contributed by atoms with E-state index < -0.39 is 0 Å². The van der Waals surface area contributed by atoms with E-state index in [4.69, 9.17) is 0 Å². The van der Waals surface area contributed by atoms with Crippen molar-refractivity contribution in [1.82, 2.24) is 15.3 Å². The molecule has 0 atom stereocenters. The maximum atomic E-state index is 4.14. The van der Waals surface area contributed by atoms with E-state index in [1.54, 1.807) is 6.33 Å². The van der Waals surface area contributed by atoms with Crippen LogP contribution in [0.2, 0.25) is 0 Å². The molecule has 0 aliphatic carbocycles. The first-order chi connectivity index (χ1) is 7.36. The van der Waals surface area contributed by atoms with Crippen molar-refractivity contribution in [3.8, 4) is 0 Å². The van der Waals surface area contributed by atoms with Gasteiger partial charge in [0.25, 0.3) is 0 Å². The highest BCUT2D eigenvalue weighted by atomic mass is 15.1. The van der Waals surface area contributed by atoms with Crippen LogP contribution in [-0.4, -0.2) is 36.6 Å². The third kappa shape index (κ3) is 4.60. The molecule has 0 aromatic carbocycles. The molecule has 5 nitrogen and oxygen atoms in total. The molecule has 1 rings (SSSR count). The summed E-state index contributed by atoms with van der Waals surface area (Å²) in [5.74, 6) is 1.74. The van der Waals surface area contributed by atoms with Crippen LogP contribution in [0.5, 0.6) is 0 Å². The molecule has 1 heterocycles. The maximum absolute atomic E-state index is 4.14. The molecule has 0 saturated carbocycles. The van der Waals surface area contributed by atoms with Gasteiger partial charge in [0.1, 0.15) is 18.0 Å². The lowest BCUT2D eigenvalue weighted by atomic mass is 10.4. The van der Waals surface area contributed by atoms with E-state index in [1.807, 2.05) is 20.0 Å². The summed E-state index contributed by atoms with van der Waals surface area (Å²) >= 11 is 0. The van der Waals surface area contributed by atoms with Crippen LogP contribution >= 0.6 is 0 Å². The van der Waals surface area contributed by atoms with Crippen molar-refractivity contribution in [3.05, 3.63) is 12.4 Å². The minimum absolute atomic E-state index is 0.864. The largest absolute Gasteiger partial charge is 0.370 e. The van der Waals surface area contributed by atoms with Gasteiger partial charge in [0.2, 0.25) is 0 Å². The third-order valence-corrected chi connectivity index (χ3v) is 1.93. The van der Waals surface area contributed by atoms with Crippen LogP contribution in [0.15, 0.2) is 12.4 Å². The molecule has 3 N–H and O–H groups in total. The standard InChI is InChI=1S/C10H19N5/c1-3-12-9-7-10(15-8-14-9)13-6-4-5-11-2/h7-8,11H,3-6H2,1-2H3,(H2,12,13,14,15). The smallest absolute Gasteiger partial charge is 0.131 e. The molecule has 0 aliphatic rings. The Kier molecular flexibility index (Phi) is 5.47. The molecular weight excluding hydrogens is 190 g/mol. The molecule has 0 unspecified atom stereocenters. The Labute approximate surface area is 90.7 Å². The van der Waals surface area contributed by atoms with Gasteiger partial charge in [0.05, 0.1) is 0 Å². The quantitative estimate of drug-likeness (QED) is 0.583. The second-order valence-corrected chi connectivity index (χ2v) is 3.20. The number of hydrogen-bond acceptors (Lipinski definition) is 5. The number of rotatable bonds is 7. The van der Waals surface area contributed by atoms with Gasteiger partial charge in [0, 0.05) is 19.2 Å². The van der Waals surface area contributed by atoms with Crippen LogP contribution in [0.3, 0.4) is 0 Å². The monoisotopic (exact) mass is 209 g/mol. The van der Waals surface area contributed by atoms with E-state index in [9.17, 15) is 0 Å². The van der Waals surface area contributed by atoms with Crippen LogP contribution in [0, 0.1) is 0 Å². The van der Waals surface area contributed by atoms with E-state index in [-0.39, 0.29) is 0 Å². The van der Waals surface area contributed by atoms with Gasteiger partial charge in [-0.05, 0) is 26.9 Å². The molecule has 84 valence electrons. The molecule has 0 bridgehead atoms. The molecule has 0 amide bonds. The zero-order valence-corrected chi connectivity index (χ0v) is 9.38. The Morgan fingerprint density at radius 3 is 2.53 bits per heavy atom. The Morgan fingerprint density at radius 1 is 1.13 bits per heavy atom. The van der Waals surface area contributed by atoms with Crippen molar-refractivity contribution in [2.45, 2.75) is 13.3 Å². The average Bonchev–Trinajstić information content (AvgIpc) is 2.26. The van der Waals surface area contributed by atoms with Gasteiger partial charge in [-0.3, -0.25) is 0 Å². The summed E-state index contributed by atoms with van der Waals surface area (Å²) in [4.78, 5) is 8.24. The lowest BCUT2D eigenvalue weighted by Gasteiger charge is -2.07. The first-order valence-corrected chi connectivity index (χ1v) is 5.31. The highest BCUT2D eigenvalue weighted by molar-refractivity contribution is 5.46. The summed E-state index contributed by atoms with van der Waals surface area (Å²) in [6, 6.07) is 1.92. The van der Waals surface area contributed by atoms with E-state index in [2.05, 4.69) is 25.9 Å². The zero-order valence-electron chi connectivity index (χ0n) is 9.38. The van der Waals surface area contributed by atoms with Gasteiger partial charge >= 0.3 is 0 Å². The fraction of sp³-hybridized carbons (Fsp3) is 0.600. The van der Waals surface area contributed by atoms with Gasteiger partial charge < -0.3 is 16.0 Å². The Bertz CT molecular complexity index is 276. The highest BCUT2D eigenvalue weighted by Gasteiger charge is 1.96. The summed E-state index contributed by atoms with van der Waals surface area (Å²) < 4.78 is 0. The van der Waals surface area contributed by atoms with Crippen LogP contribution in [0.1, 0.15) is 13.3 Å². The average molecular weight is 209 g/mol. The molecule has 0 fully saturated rings. The van der Waals surface area contributed by atoms with Crippen LogP contribution < -0.4 is 16.0 Å². The minimum atomic E-state index is 0.864. The normalized spacial score (nSPS) is 10.0. The highest BCUT2D eigenvalue weighted by Crippen LogP contribution is 2.07. The summed E-state index contributed by atoms with van der Waals surface area (Å²) in [6.07, 6.45) is 2.65. The van der Waals surface area contributed by atoms with Crippen molar-refractivity contribution < 1.29 is 0 Å². The summed E-state index contributed by atoms with van der Waals surface area (Å²) in [7, 11) is 1.95. The Morgan fingerprint density at radius 2 is 1.87 bits per heavy atom. The predicted octanol–water partition coefficient (Wildman–Crippen LogP) is 0.930. The van der Waals surface area contributed by atoms with Gasteiger partial charge in [-0.25, -0.2) is 9.97 Å². The van der Waals surface area contributed by atoms with E-state index in [1.165, 1.54) is 0 Å². The van der Waals surface area contributed by atoms with E-state index in [0.717, 1.165) is 37.7 Å². The lowest BCUT2D eigenvalue weighted by Crippen LogP contribution is -2.13. The maximum Gasteiger partial charge on any atom is 0.131 e. The number of aromatic nitrogens is 2. The number of anilines is 2. The fourth-order valence-electron chi connectivity index (χ4n) is 1.21. The fourth-order valence-corrected chi connectivity index (χ4v) is 1.21. The molecule has 1 aromatic rings. The first kappa shape index (κ1) is 11.7. The number of nitrogens with zero attached hydrogens (tertiary/aromatic N) is 2. The summed E-state index contributed by atoms with van der Waals surface area (Å²) in [6.45, 7) is 4.85. The number of nitrogens with one attached hydrogen (secondary N) is 3. The van der Waals surface area contributed by atoms with Crippen molar-refractivity contribution in [3.63, 3.8) is 0 Å². The van der Waals surface area contributed by atoms with Gasteiger partial charge in [-0.2, -0.15) is 0 Å². The molecule has 5 heteroatoms. The van der Waals surface area contributed by atoms with Gasteiger partial charge in [-0.1, -0.05) is 0 Å². The second kappa shape index (κ2) is 7.00. The summed E-state index contributed by atoms with van der Waals surface area (Å²) in [5.41, 5.74) is 0. The minimum Gasteiger partial charge on any atom is -0.370 e. The van der Waals surface area contributed by atoms with Crippen LogP contribution in [0.4, 0.5) is 11.6 Å². The van der Waals surface area contributed by atoms with Gasteiger partial charge in [-0.15, -0.1) is 0 Å². The van der Waals surface area contributed by atoms with Crippen LogP contribution in [-0.2, 0) is 0 Å².